The maximum absolute atomic E-state index is 10.6. The first-order chi connectivity index (χ1) is 9.77. The molecule has 1 saturated heterocycles. The molecule has 3 aliphatic rings. The zero-order chi connectivity index (χ0) is 13.6. The number of rotatable bonds is 1. The molecule has 1 aromatic carbocycles. The fourth-order valence-corrected chi connectivity index (χ4v) is 4.36. The van der Waals surface area contributed by atoms with Gasteiger partial charge in [0, 0.05) is 19.1 Å². The molecule has 0 radical (unpaired) electrons. The van der Waals surface area contributed by atoms with Crippen LogP contribution < -0.4 is 0 Å². The molecule has 2 atom stereocenters. The Morgan fingerprint density at radius 2 is 2.00 bits per heavy atom. The van der Waals surface area contributed by atoms with Crippen LogP contribution in [0.25, 0.3) is 0 Å². The number of hydrogen-bond donors (Lipinski definition) is 1. The maximum atomic E-state index is 10.6. The summed E-state index contributed by atoms with van der Waals surface area (Å²) in [5, 5.41) is 10.6. The summed E-state index contributed by atoms with van der Waals surface area (Å²) in [4.78, 5) is 2.49. The van der Waals surface area contributed by atoms with Gasteiger partial charge in [-0.1, -0.05) is 37.1 Å². The number of fused-ring (bicyclic) bond motifs is 1. The summed E-state index contributed by atoms with van der Waals surface area (Å²) in [5.74, 6) is 0. The van der Waals surface area contributed by atoms with E-state index < -0.39 is 0 Å². The molecule has 0 bridgehead atoms. The van der Waals surface area contributed by atoms with E-state index in [1.165, 1.54) is 31.2 Å². The van der Waals surface area contributed by atoms with Gasteiger partial charge >= 0.3 is 0 Å². The second kappa shape index (κ2) is 4.83. The molecular formula is C17H23NO2. The van der Waals surface area contributed by atoms with Gasteiger partial charge in [0.05, 0.1) is 18.3 Å². The van der Waals surface area contributed by atoms with E-state index in [9.17, 15) is 5.11 Å². The molecule has 3 heteroatoms. The SMILES string of the molecule is OC1c2ccccc2CC1N1CCOC2(CCCC2)C1. The van der Waals surface area contributed by atoms with Gasteiger partial charge in [-0.15, -0.1) is 0 Å². The highest BCUT2D eigenvalue weighted by molar-refractivity contribution is 5.36. The minimum absolute atomic E-state index is 0.0900. The van der Waals surface area contributed by atoms with E-state index in [2.05, 4.69) is 23.1 Å². The van der Waals surface area contributed by atoms with Gasteiger partial charge in [-0.25, -0.2) is 0 Å². The number of benzene rings is 1. The van der Waals surface area contributed by atoms with Crippen LogP contribution >= 0.6 is 0 Å². The molecule has 2 unspecified atom stereocenters. The lowest BCUT2D eigenvalue weighted by atomic mass is 9.97. The molecule has 1 N–H and O–H groups in total. The zero-order valence-electron chi connectivity index (χ0n) is 11.9. The maximum Gasteiger partial charge on any atom is 0.0951 e. The summed E-state index contributed by atoms with van der Waals surface area (Å²) < 4.78 is 6.11. The van der Waals surface area contributed by atoms with Crippen molar-refractivity contribution in [1.82, 2.24) is 4.90 Å². The zero-order valence-corrected chi connectivity index (χ0v) is 11.9. The number of ether oxygens (including phenoxy) is 1. The van der Waals surface area contributed by atoms with Gasteiger partial charge in [0.15, 0.2) is 0 Å². The third-order valence-electron chi connectivity index (χ3n) is 5.43. The van der Waals surface area contributed by atoms with Crippen molar-refractivity contribution in [2.75, 3.05) is 19.7 Å². The van der Waals surface area contributed by atoms with E-state index in [1.54, 1.807) is 0 Å². The predicted molar refractivity (Wildman–Crippen MR) is 77.6 cm³/mol. The molecule has 1 aromatic rings. The molecule has 2 aliphatic carbocycles. The van der Waals surface area contributed by atoms with E-state index in [4.69, 9.17) is 4.74 Å². The van der Waals surface area contributed by atoms with Crippen LogP contribution in [0.2, 0.25) is 0 Å². The number of hydrogen-bond acceptors (Lipinski definition) is 3. The van der Waals surface area contributed by atoms with E-state index in [1.807, 2.05) is 6.07 Å². The molecular weight excluding hydrogens is 250 g/mol. The quantitative estimate of drug-likeness (QED) is 0.852. The molecule has 108 valence electrons. The molecule has 4 rings (SSSR count). The molecule has 1 saturated carbocycles. The van der Waals surface area contributed by atoms with Gasteiger partial charge in [-0.2, -0.15) is 0 Å². The summed E-state index contributed by atoms with van der Waals surface area (Å²) in [6.07, 6.45) is 5.62. The van der Waals surface area contributed by atoms with E-state index in [0.29, 0.717) is 0 Å². The van der Waals surface area contributed by atoms with Gasteiger partial charge < -0.3 is 9.84 Å². The Labute approximate surface area is 120 Å². The Morgan fingerprint density at radius 3 is 2.80 bits per heavy atom. The van der Waals surface area contributed by atoms with Crippen LogP contribution in [0.15, 0.2) is 24.3 Å². The molecule has 1 spiro atoms. The third kappa shape index (κ3) is 2.00. The van der Waals surface area contributed by atoms with Gasteiger partial charge in [0.25, 0.3) is 0 Å². The van der Waals surface area contributed by atoms with Crippen LogP contribution in [0.3, 0.4) is 0 Å². The lowest BCUT2D eigenvalue weighted by Crippen LogP contribution is -2.54. The Bertz CT molecular complexity index is 496. The van der Waals surface area contributed by atoms with Crippen LogP contribution in [0.4, 0.5) is 0 Å². The van der Waals surface area contributed by atoms with Crippen molar-refractivity contribution in [1.29, 1.82) is 0 Å². The highest BCUT2D eigenvalue weighted by Gasteiger charge is 2.44. The summed E-state index contributed by atoms with van der Waals surface area (Å²) in [7, 11) is 0. The Morgan fingerprint density at radius 1 is 1.20 bits per heavy atom. The monoisotopic (exact) mass is 273 g/mol. The summed E-state index contributed by atoms with van der Waals surface area (Å²) in [5.41, 5.74) is 2.54. The number of aliphatic hydroxyl groups excluding tert-OH is 1. The fraction of sp³-hybridized carbons (Fsp3) is 0.647. The van der Waals surface area contributed by atoms with Gasteiger partial charge in [-0.05, 0) is 30.4 Å². The van der Waals surface area contributed by atoms with Crippen molar-refractivity contribution in [3.63, 3.8) is 0 Å². The topological polar surface area (TPSA) is 32.7 Å². The first kappa shape index (κ1) is 12.8. The summed E-state index contributed by atoms with van der Waals surface area (Å²) in [6.45, 7) is 2.78. The predicted octanol–water partition coefficient (Wildman–Crippen LogP) is 2.29. The van der Waals surface area contributed by atoms with Crippen LogP contribution in [0.5, 0.6) is 0 Å². The second-order valence-corrected chi connectivity index (χ2v) is 6.62. The Balaban J connectivity index is 1.54. The molecule has 0 aromatic heterocycles. The van der Waals surface area contributed by atoms with Gasteiger partial charge in [0.2, 0.25) is 0 Å². The normalized spacial score (nSPS) is 32.6. The van der Waals surface area contributed by atoms with Crippen LogP contribution in [-0.4, -0.2) is 41.3 Å². The van der Waals surface area contributed by atoms with Crippen molar-refractivity contribution in [3.05, 3.63) is 35.4 Å². The summed E-state index contributed by atoms with van der Waals surface area (Å²) in [6, 6.07) is 8.58. The smallest absolute Gasteiger partial charge is 0.0951 e. The lowest BCUT2D eigenvalue weighted by molar-refractivity contribution is -0.124. The number of morpholine rings is 1. The first-order valence-corrected chi connectivity index (χ1v) is 7.91. The average molecular weight is 273 g/mol. The molecule has 1 aliphatic heterocycles. The fourth-order valence-electron chi connectivity index (χ4n) is 4.36. The van der Waals surface area contributed by atoms with E-state index in [-0.39, 0.29) is 17.7 Å². The molecule has 1 heterocycles. The number of aliphatic hydroxyl groups is 1. The van der Waals surface area contributed by atoms with Gasteiger partial charge in [0.1, 0.15) is 0 Å². The van der Waals surface area contributed by atoms with Crippen molar-refractivity contribution >= 4 is 0 Å². The van der Waals surface area contributed by atoms with E-state index in [0.717, 1.165) is 31.7 Å². The minimum atomic E-state index is -0.331. The molecule has 20 heavy (non-hydrogen) atoms. The van der Waals surface area contributed by atoms with Crippen molar-refractivity contribution in [2.24, 2.45) is 0 Å². The minimum Gasteiger partial charge on any atom is -0.387 e. The molecule has 2 fully saturated rings. The number of nitrogens with zero attached hydrogens (tertiary/aromatic N) is 1. The van der Waals surface area contributed by atoms with E-state index >= 15 is 0 Å². The van der Waals surface area contributed by atoms with Crippen LogP contribution in [0.1, 0.15) is 42.9 Å². The highest BCUT2D eigenvalue weighted by atomic mass is 16.5. The highest BCUT2D eigenvalue weighted by Crippen LogP contribution is 2.40. The molecule has 3 nitrogen and oxygen atoms in total. The second-order valence-electron chi connectivity index (χ2n) is 6.62. The van der Waals surface area contributed by atoms with Crippen LogP contribution in [0, 0.1) is 0 Å². The summed E-state index contributed by atoms with van der Waals surface area (Å²) >= 11 is 0. The largest absolute Gasteiger partial charge is 0.387 e. The van der Waals surface area contributed by atoms with Crippen molar-refractivity contribution in [3.8, 4) is 0 Å². The Hall–Kier alpha value is -0.900. The van der Waals surface area contributed by atoms with Crippen molar-refractivity contribution < 1.29 is 9.84 Å². The van der Waals surface area contributed by atoms with Crippen LogP contribution in [-0.2, 0) is 11.2 Å². The Kier molecular flexibility index (Phi) is 3.09. The average Bonchev–Trinajstić information content (AvgIpc) is 3.05. The lowest BCUT2D eigenvalue weighted by Gasteiger charge is -2.44. The molecule has 0 amide bonds. The standard InChI is InChI=1S/C17H23NO2/c19-16-14-6-2-1-5-13(14)11-15(16)18-9-10-20-17(12-18)7-3-4-8-17/h1-2,5-6,15-16,19H,3-4,7-12H2. The van der Waals surface area contributed by atoms with Gasteiger partial charge in [-0.3, -0.25) is 4.90 Å². The first-order valence-electron chi connectivity index (χ1n) is 7.91. The van der Waals surface area contributed by atoms with Crippen molar-refractivity contribution in [2.45, 2.75) is 49.9 Å². The third-order valence-corrected chi connectivity index (χ3v) is 5.43.